The number of amides is 1. The molecule has 2 heterocycles. The number of carbonyl (C=O) groups excluding carboxylic acids is 2. The molecule has 144 valence electrons. The molecule has 2 aliphatic rings. The summed E-state index contributed by atoms with van der Waals surface area (Å²) in [5.74, 6) is 0.420. The molecule has 28 heavy (non-hydrogen) atoms. The third-order valence-corrected chi connectivity index (χ3v) is 5.16. The van der Waals surface area contributed by atoms with Gasteiger partial charge in [-0.05, 0) is 30.7 Å². The molecule has 0 fully saturated rings. The first-order valence-corrected chi connectivity index (χ1v) is 9.20. The van der Waals surface area contributed by atoms with E-state index in [-0.39, 0.29) is 30.1 Å². The highest BCUT2D eigenvalue weighted by molar-refractivity contribution is 5.95. The third-order valence-electron chi connectivity index (χ3n) is 5.16. The standard InChI is InChI=1S/C21H21N3O4/c22-20(23)12-5-6-17-16(9-12)13(11-27-17)7-8-24-19(25)10-18-14-3-1-2-4-15(14)21(26)28-18/h1-6,9,13,18H,7-8,10-11H2,(H3,22,23)(H,24,25). The number of nitrogens with two attached hydrogens (primary N) is 1. The van der Waals surface area contributed by atoms with Crippen molar-refractivity contribution in [1.82, 2.24) is 5.32 Å². The number of fused-ring (bicyclic) bond motifs is 2. The maximum Gasteiger partial charge on any atom is 0.339 e. The molecule has 2 unspecified atom stereocenters. The fraction of sp³-hybridized carbons (Fsp3) is 0.286. The van der Waals surface area contributed by atoms with Crippen molar-refractivity contribution in [1.29, 1.82) is 5.41 Å². The predicted molar refractivity (Wildman–Crippen MR) is 103 cm³/mol. The van der Waals surface area contributed by atoms with Crippen molar-refractivity contribution >= 4 is 17.7 Å². The van der Waals surface area contributed by atoms with Gasteiger partial charge < -0.3 is 20.5 Å². The summed E-state index contributed by atoms with van der Waals surface area (Å²) in [7, 11) is 0. The molecule has 2 atom stereocenters. The van der Waals surface area contributed by atoms with E-state index >= 15 is 0 Å². The number of hydrogen-bond donors (Lipinski definition) is 3. The van der Waals surface area contributed by atoms with Crippen LogP contribution in [-0.4, -0.2) is 30.9 Å². The van der Waals surface area contributed by atoms with Crippen LogP contribution in [0.2, 0.25) is 0 Å². The fourth-order valence-corrected chi connectivity index (χ4v) is 3.68. The smallest absolute Gasteiger partial charge is 0.339 e. The number of carbonyl (C=O) groups is 2. The summed E-state index contributed by atoms with van der Waals surface area (Å²) in [6, 6.07) is 12.6. The minimum absolute atomic E-state index is 0.0214. The van der Waals surface area contributed by atoms with Crippen molar-refractivity contribution in [3.8, 4) is 5.75 Å². The Morgan fingerprint density at radius 2 is 2.04 bits per heavy atom. The second kappa shape index (κ2) is 7.34. The highest BCUT2D eigenvalue weighted by Crippen LogP contribution is 2.36. The van der Waals surface area contributed by atoms with Gasteiger partial charge in [0.15, 0.2) is 0 Å². The van der Waals surface area contributed by atoms with Gasteiger partial charge in [-0.1, -0.05) is 18.2 Å². The fourth-order valence-electron chi connectivity index (χ4n) is 3.68. The number of ether oxygens (including phenoxy) is 2. The van der Waals surface area contributed by atoms with Crippen LogP contribution in [0.4, 0.5) is 0 Å². The normalized spacial score (nSPS) is 19.4. The molecule has 2 aliphatic heterocycles. The molecule has 1 amide bonds. The molecular weight excluding hydrogens is 358 g/mol. The third kappa shape index (κ3) is 3.43. The number of hydrogen-bond acceptors (Lipinski definition) is 5. The highest BCUT2D eigenvalue weighted by atomic mass is 16.5. The monoisotopic (exact) mass is 379 g/mol. The second-order valence-electron chi connectivity index (χ2n) is 7.00. The molecule has 0 spiro atoms. The van der Waals surface area contributed by atoms with E-state index < -0.39 is 6.10 Å². The number of cyclic esters (lactones) is 1. The Kier molecular flexibility index (Phi) is 4.73. The molecule has 0 radical (unpaired) electrons. The Balaban J connectivity index is 1.31. The van der Waals surface area contributed by atoms with Crippen LogP contribution in [0.15, 0.2) is 42.5 Å². The van der Waals surface area contributed by atoms with E-state index in [4.69, 9.17) is 20.6 Å². The average Bonchev–Trinajstić information content (AvgIpc) is 3.23. The lowest BCUT2D eigenvalue weighted by molar-refractivity contribution is -0.123. The molecule has 7 nitrogen and oxygen atoms in total. The van der Waals surface area contributed by atoms with E-state index in [2.05, 4.69) is 5.32 Å². The zero-order chi connectivity index (χ0) is 19.7. The van der Waals surface area contributed by atoms with Crippen LogP contribution in [0.3, 0.4) is 0 Å². The molecular formula is C21H21N3O4. The number of amidine groups is 1. The molecule has 0 aliphatic carbocycles. The maximum atomic E-state index is 12.3. The minimum Gasteiger partial charge on any atom is -0.493 e. The van der Waals surface area contributed by atoms with Gasteiger partial charge in [-0.15, -0.1) is 0 Å². The summed E-state index contributed by atoms with van der Waals surface area (Å²) in [6.07, 6.45) is 0.285. The van der Waals surface area contributed by atoms with E-state index in [1.54, 1.807) is 18.2 Å². The minimum atomic E-state index is -0.530. The molecule has 2 aromatic carbocycles. The lowest BCUT2D eigenvalue weighted by Gasteiger charge is -2.13. The maximum absolute atomic E-state index is 12.3. The quantitative estimate of drug-likeness (QED) is 0.405. The van der Waals surface area contributed by atoms with Crippen LogP contribution in [-0.2, 0) is 9.53 Å². The SMILES string of the molecule is N=C(N)c1ccc2c(c1)C(CCNC(=O)CC1OC(=O)c3ccccc31)CO2. The van der Waals surface area contributed by atoms with Gasteiger partial charge in [0.05, 0.1) is 18.6 Å². The molecule has 7 heteroatoms. The Morgan fingerprint density at radius 1 is 1.21 bits per heavy atom. The second-order valence-corrected chi connectivity index (χ2v) is 7.00. The van der Waals surface area contributed by atoms with Crippen LogP contribution < -0.4 is 15.8 Å². The van der Waals surface area contributed by atoms with Gasteiger partial charge in [0.25, 0.3) is 0 Å². The Hall–Kier alpha value is -3.35. The summed E-state index contributed by atoms with van der Waals surface area (Å²) < 4.78 is 11.0. The van der Waals surface area contributed by atoms with E-state index in [0.717, 1.165) is 16.9 Å². The first kappa shape index (κ1) is 18.0. The van der Waals surface area contributed by atoms with Crippen LogP contribution in [0.1, 0.15) is 51.9 Å². The molecule has 4 N–H and O–H groups in total. The number of nitrogens with one attached hydrogen (secondary N) is 2. The van der Waals surface area contributed by atoms with Crippen LogP contribution in [0.5, 0.6) is 5.75 Å². The van der Waals surface area contributed by atoms with Crippen molar-refractivity contribution in [2.45, 2.75) is 24.9 Å². The van der Waals surface area contributed by atoms with E-state index in [1.807, 2.05) is 24.3 Å². The van der Waals surface area contributed by atoms with Gasteiger partial charge in [-0.3, -0.25) is 10.2 Å². The number of esters is 1. The predicted octanol–water partition coefficient (Wildman–Crippen LogP) is 2.25. The summed E-state index contributed by atoms with van der Waals surface area (Å²) >= 11 is 0. The average molecular weight is 379 g/mol. The van der Waals surface area contributed by atoms with Gasteiger partial charge >= 0.3 is 5.97 Å². The van der Waals surface area contributed by atoms with Crippen molar-refractivity contribution in [3.63, 3.8) is 0 Å². The van der Waals surface area contributed by atoms with Gasteiger partial charge in [-0.25, -0.2) is 4.79 Å². The number of nitrogen functional groups attached to an aromatic ring is 1. The van der Waals surface area contributed by atoms with E-state index in [1.165, 1.54) is 0 Å². The largest absolute Gasteiger partial charge is 0.493 e. The highest BCUT2D eigenvalue weighted by Gasteiger charge is 2.32. The lowest BCUT2D eigenvalue weighted by atomic mass is 9.96. The van der Waals surface area contributed by atoms with Crippen LogP contribution >= 0.6 is 0 Å². The van der Waals surface area contributed by atoms with Crippen LogP contribution in [0.25, 0.3) is 0 Å². The Labute approximate surface area is 162 Å². The zero-order valence-corrected chi connectivity index (χ0v) is 15.2. The van der Waals surface area contributed by atoms with E-state index in [9.17, 15) is 9.59 Å². The number of rotatable bonds is 6. The number of benzene rings is 2. The summed E-state index contributed by atoms with van der Waals surface area (Å²) in [5.41, 5.74) is 8.54. The summed E-state index contributed by atoms with van der Waals surface area (Å²) in [5, 5.41) is 10.5. The van der Waals surface area contributed by atoms with Crippen molar-refractivity contribution in [3.05, 3.63) is 64.7 Å². The van der Waals surface area contributed by atoms with E-state index in [0.29, 0.717) is 30.7 Å². The van der Waals surface area contributed by atoms with Crippen molar-refractivity contribution in [2.24, 2.45) is 5.73 Å². The molecule has 0 bridgehead atoms. The summed E-state index contributed by atoms with van der Waals surface area (Å²) in [4.78, 5) is 24.1. The molecule has 0 saturated carbocycles. The molecule has 2 aromatic rings. The Morgan fingerprint density at radius 3 is 2.86 bits per heavy atom. The molecule has 0 saturated heterocycles. The van der Waals surface area contributed by atoms with Gasteiger partial charge in [0, 0.05) is 29.2 Å². The van der Waals surface area contributed by atoms with Crippen LogP contribution in [0, 0.1) is 5.41 Å². The summed E-state index contributed by atoms with van der Waals surface area (Å²) in [6.45, 7) is 1.03. The topological polar surface area (TPSA) is 115 Å². The Bertz CT molecular complexity index is 956. The van der Waals surface area contributed by atoms with Crippen molar-refractivity contribution in [2.75, 3.05) is 13.2 Å². The molecule has 0 aromatic heterocycles. The zero-order valence-electron chi connectivity index (χ0n) is 15.2. The van der Waals surface area contributed by atoms with Gasteiger partial charge in [0.1, 0.15) is 17.7 Å². The molecule has 4 rings (SSSR count). The van der Waals surface area contributed by atoms with Crippen molar-refractivity contribution < 1.29 is 19.1 Å². The first-order valence-electron chi connectivity index (χ1n) is 9.20. The van der Waals surface area contributed by atoms with Gasteiger partial charge in [-0.2, -0.15) is 0 Å². The van der Waals surface area contributed by atoms with Gasteiger partial charge in [0.2, 0.25) is 5.91 Å². The lowest BCUT2D eigenvalue weighted by Crippen LogP contribution is -2.27. The first-order chi connectivity index (χ1) is 13.5.